The second-order valence-electron chi connectivity index (χ2n) is 3.07. The van der Waals surface area contributed by atoms with E-state index in [4.69, 9.17) is 11.6 Å². The summed E-state index contributed by atoms with van der Waals surface area (Å²) in [7, 11) is -4.48. The van der Waals surface area contributed by atoms with Crippen LogP contribution in [0.3, 0.4) is 0 Å². The van der Waals surface area contributed by atoms with Crippen molar-refractivity contribution in [2.75, 3.05) is 6.61 Å². The average molecular weight is 308 g/mol. The van der Waals surface area contributed by atoms with Crippen LogP contribution >= 0.6 is 11.6 Å². The first-order valence-corrected chi connectivity index (χ1v) is 6.13. The van der Waals surface area contributed by atoms with Gasteiger partial charge < -0.3 is 0 Å². The average Bonchev–Trinajstić information content (AvgIpc) is 2.19. The Bertz CT molecular complexity index is 532. The van der Waals surface area contributed by atoms with Crippen molar-refractivity contribution in [3.8, 4) is 0 Å². The fourth-order valence-corrected chi connectivity index (χ4v) is 2.24. The normalized spacial score (nSPS) is 12.7. The van der Waals surface area contributed by atoms with Gasteiger partial charge in [-0.15, -0.1) is 0 Å². The maximum absolute atomic E-state index is 12.8. The van der Waals surface area contributed by atoms with Crippen LogP contribution in [0.5, 0.6) is 0 Å². The number of hydrogen-bond donors (Lipinski definition) is 1. The van der Waals surface area contributed by atoms with E-state index in [9.17, 15) is 26.0 Å². The topological polar surface area (TPSA) is 55.4 Å². The Morgan fingerprint density at radius 1 is 1.33 bits per heavy atom. The summed E-state index contributed by atoms with van der Waals surface area (Å²) in [5, 5.41) is -0.348. The van der Waals surface area contributed by atoms with Crippen molar-refractivity contribution < 1.29 is 30.8 Å². The highest BCUT2D eigenvalue weighted by Gasteiger charge is 2.29. The summed E-state index contributed by atoms with van der Waals surface area (Å²) in [6.07, 6.45) is -4.70. The van der Waals surface area contributed by atoms with Crippen LogP contribution in [0.1, 0.15) is 0 Å². The maximum Gasteiger partial charge on any atom is 0.413 e. The quantitative estimate of drug-likeness (QED) is 0.685. The number of halogens is 5. The molecule has 0 amide bonds. The molecule has 0 unspecified atom stereocenters. The first-order chi connectivity index (χ1) is 8.12. The minimum atomic E-state index is -4.70. The van der Waals surface area contributed by atoms with Gasteiger partial charge >= 0.3 is 6.18 Å². The SMILES string of the molecule is O=S(=O)(NOCC(F)(F)F)c1cc(F)ccc1Cl. The van der Waals surface area contributed by atoms with E-state index in [1.54, 1.807) is 0 Å². The van der Waals surface area contributed by atoms with Crippen LogP contribution in [0, 0.1) is 5.82 Å². The van der Waals surface area contributed by atoms with Crippen LogP contribution in [0.15, 0.2) is 23.1 Å². The lowest BCUT2D eigenvalue weighted by atomic mass is 10.3. The van der Waals surface area contributed by atoms with Crippen LogP contribution < -0.4 is 4.89 Å². The van der Waals surface area contributed by atoms with Crippen LogP contribution in [0.25, 0.3) is 0 Å². The molecule has 1 aromatic rings. The first-order valence-electron chi connectivity index (χ1n) is 4.27. The fraction of sp³-hybridized carbons (Fsp3) is 0.250. The molecule has 0 spiro atoms. The van der Waals surface area contributed by atoms with Crippen molar-refractivity contribution in [3.63, 3.8) is 0 Å². The Kier molecular flexibility index (Phi) is 4.54. The summed E-state index contributed by atoms with van der Waals surface area (Å²) >= 11 is 5.49. The molecule has 4 nitrogen and oxygen atoms in total. The van der Waals surface area contributed by atoms with Crippen molar-refractivity contribution in [1.82, 2.24) is 4.89 Å². The van der Waals surface area contributed by atoms with E-state index in [1.807, 2.05) is 0 Å². The summed E-state index contributed by atoms with van der Waals surface area (Å²) in [5.41, 5.74) is 0. The predicted molar refractivity (Wildman–Crippen MR) is 53.7 cm³/mol. The Morgan fingerprint density at radius 2 is 1.94 bits per heavy atom. The summed E-state index contributed by atoms with van der Waals surface area (Å²) in [4.78, 5) is 4.25. The van der Waals surface area contributed by atoms with Crippen LogP contribution in [0.2, 0.25) is 5.02 Å². The van der Waals surface area contributed by atoms with E-state index in [0.717, 1.165) is 12.1 Å². The Labute approximate surface area is 105 Å². The van der Waals surface area contributed by atoms with Gasteiger partial charge in [-0.2, -0.15) is 13.2 Å². The molecule has 0 aliphatic carbocycles. The smallest absolute Gasteiger partial charge is 0.277 e. The third-order valence-corrected chi connectivity index (χ3v) is 3.28. The lowest BCUT2D eigenvalue weighted by Gasteiger charge is -2.10. The van der Waals surface area contributed by atoms with Gasteiger partial charge in [-0.3, -0.25) is 4.84 Å². The third-order valence-electron chi connectivity index (χ3n) is 1.59. The molecule has 10 heteroatoms. The van der Waals surface area contributed by atoms with E-state index in [0.29, 0.717) is 6.07 Å². The maximum atomic E-state index is 12.8. The van der Waals surface area contributed by atoms with E-state index < -0.39 is 33.5 Å². The molecule has 18 heavy (non-hydrogen) atoms. The van der Waals surface area contributed by atoms with Crippen molar-refractivity contribution in [2.24, 2.45) is 0 Å². The Balaban J connectivity index is 2.84. The number of alkyl halides is 3. The molecule has 0 aliphatic rings. The summed E-state index contributed by atoms with van der Waals surface area (Å²) in [5.74, 6) is -0.907. The number of rotatable bonds is 4. The van der Waals surface area contributed by atoms with E-state index in [1.165, 1.54) is 4.89 Å². The molecule has 0 saturated carbocycles. The molecule has 1 aromatic carbocycles. The highest BCUT2D eigenvalue weighted by molar-refractivity contribution is 7.89. The lowest BCUT2D eigenvalue weighted by molar-refractivity contribution is -0.181. The van der Waals surface area contributed by atoms with Gasteiger partial charge in [0.05, 0.1) is 5.02 Å². The minimum Gasteiger partial charge on any atom is -0.277 e. The van der Waals surface area contributed by atoms with Gasteiger partial charge in [0.15, 0.2) is 6.61 Å². The molecular formula is C8H6ClF4NO3S. The molecule has 102 valence electrons. The van der Waals surface area contributed by atoms with Crippen LogP contribution in [-0.4, -0.2) is 21.2 Å². The molecule has 0 fully saturated rings. The molecule has 0 atom stereocenters. The summed E-state index contributed by atoms with van der Waals surface area (Å²) in [6.45, 7) is -1.82. The molecule has 1 N–H and O–H groups in total. The predicted octanol–water partition coefficient (Wildman–Crippen LogP) is 2.25. The van der Waals surface area contributed by atoms with Crippen molar-refractivity contribution in [3.05, 3.63) is 29.0 Å². The van der Waals surface area contributed by atoms with Crippen molar-refractivity contribution >= 4 is 21.6 Å². The largest absolute Gasteiger partial charge is 0.413 e. The first kappa shape index (κ1) is 15.2. The van der Waals surface area contributed by atoms with Gasteiger partial charge in [-0.05, 0) is 18.2 Å². The van der Waals surface area contributed by atoms with Gasteiger partial charge in [-0.25, -0.2) is 12.8 Å². The van der Waals surface area contributed by atoms with Gasteiger partial charge in [0, 0.05) is 0 Å². The highest BCUT2D eigenvalue weighted by atomic mass is 35.5. The highest BCUT2D eigenvalue weighted by Crippen LogP contribution is 2.22. The van der Waals surface area contributed by atoms with Crippen LogP contribution in [0.4, 0.5) is 17.6 Å². The summed E-state index contributed by atoms with van der Waals surface area (Å²) < 4.78 is 70.9. The Morgan fingerprint density at radius 3 is 2.50 bits per heavy atom. The standard InChI is InChI=1S/C8H6ClF4NO3S/c9-6-2-1-5(10)3-7(6)18(15,16)14-17-4-8(11,12)13/h1-3,14H,4H2. The fourth-order valence-electron chi connectivity index (χ4n) is 0.917. The zero-order valence-corrected chi connectivity index (χ0v) is 10.0. The monoisotopic (exact) mass is 307 g/mol. The number of benzene rings is 1. The van der Waals surface area contributed by atoms with Gasteiger partial charge in [0.2, 0.25) is 0 Å². The minimum absolute atomic E-state index is 0.348. The molecule has 0 saturated heterocycles. The zero-order chi connectivity index (χ0) is 14.0. The second-order valence-corrected chi connectivity index (χ2v) is 5.09. The van der Waals surface area contributed by atoms with E-state index in [-0.39, 0.29) is 5.02 Å². The van der Waals surface area contributed by atoms with Gasteiger partial charge in [-0.1, -0.05) is 16.5 Å². The van der Waals surface area contributed by atoms with Crippen molar-refractivity contribution in [1.29, 1.82) is 0 Å². The number of nitrogens with one attached hydrogen (secondary N) is 1. The number of hydrogen-bond acceptors (Lipinski definition) is 3. The van der Waals surface area contributed by atoms with Crippen LogP contribution in [-0.2, 0) is 14.9 Å². The zero-order valence-electron chi connectivity index (χ0n) is 8.46. The molecular weight excluding hydrogens is 302 g/mol. The van der Waals surface area contributed by atoms with Gasteiger partial charge in [0.25, 0.3) is 10.0 Å². The number of sulfonamides is 1. The van der Waals surface area contributed by atoms with Gasteiger partial charge in [0.1, 0.15) is 10.7 Å². The molecule has 0 radical (unpaired) electrons. The molecule has 1 rings (SSSR count). The molecule has 0 bridgehead atoms. The van der Waals surface area contributed by atoms with E-state index in [2.05, 4.69) is 4.84 Å². The molecule has 0 aromatic heterocycles. The third kappa shape index (κ3) is 4.41. The molecule has 0 heterocycles. The molecule has 0 aliphatic heterocycles. The van der Waals surface area contributed by atoms with E-state index >= 15 is 0 Å². The second kappa shape index (κ2) is 5.39. The lowest BCUT2D eigenvalue weighted by Crippen LogP contribution is -2.29. The van der Waals surface area contributed by atoms with Crippen molar-refractivity contribution in [2.45, 2.75) is 11.1 Å². The summed E-state index contributed by atoms with van der Waals surface area (Å²) in [6, 6.07) is 2.41. The Hall–Kier alpha value is -0.900.